The molecule has 0 saturated heterocycles. The van der Waals surface area contributed by atoms with Gasteiger partial charge in [0.1, 0.15) is 18.2 Å². The summed E-state index contributed by atoms with van der Waals surface area (Å²) in [6.07, 6.45) is 1.25. The molecule has 2 rings (SSSR count). The Labute approximate surface area is 154 Å². The molecule has 5 nitrogen and oxygen atoms in total. The average Bonchev–Trinajstić information content (AvgIpc) is 2.59. The van der Waals surface area contributed by atoms with Gasteiger partial charge in [0.05, 0.1) is 7.11 Å². The average molecular weight is 378 g/mol. The van der Waals surface area contributed by atoms with Gasteiger partial charge in [-0.15, -0.1) is 0 Å². The SMILES string of the molecule is COc1ccc(C=C(C#N)C(=O)O)cc1OCc1c(Cl)cccc1Cl. The van der Waals surface area contributed by atoms with Crippen LogP contribution in [0.2, 0.25) is 10.0 Å². The van der Waals surface area contributed by atoms with Crippen LogP contribution in [-0.4, -0.2) is 18.2 Å². The zero-order chi connectivity index (χ0) is 18.4. The Morgan fingerprint density at radius 1 is 1.24 bits per heavy atom. The highest BCUT2D eigenvalue weighted by Crippen LogP contribution is 2.32. The topological polar surface area (TPSA) is 79.5 Å². The van der Waals surface area contributed by atoms with Crippen LogP contribution in [0.5, 0.6) is 11.5 Å². The zero-order valence-corrected chi connectivity index (χ0v) is 14.6. The number of ether oxygens (including phenoxy) is 2. The fourth-order valence-electron chi connectivity index (χ4n) is 2.02. The monoisotopic (exact) mass is 377 g/mol. The third kappa shape index (κ3) is 4.66. The molecular formula is C18H13Cl2NO4. The van der Waals surface area contributed by atoms with Crippen molar-refractivity contribution >= 4 is 35.2 Å². The number of benzene rings is 2. The van der Waals surface area contributed by atoms with Gasteiger partial charge in [-0.25, -0.2) is 4.79 Å². The van der Waals surface area contributed by atoms with E-state index in [4.69, 9.17) is 43.0 Å². The summed E-state index contributed by atoms with van der Waals surface area (Å²) < 4.78 is 11.0. The summed E-state index contributed by atoms with van der Waals surface area (Å²) in [5.74, 6) is -0.479. The van der Waals surface area contributed by atoms with E-state index in [0.29, 0.717) is 32.7 Å². The summed E-state index contributed by atoms with van der Waals surface area (Å²) >= 11 is 12.2. The molecule has 0 aliphatic rings. The van der Waals surface area contributed by atoms with Crippen molar-refractivity contribution in [3.8, 4) is 17.6 Å². The molecule has 0 radical (unpaired) electrons. The Morgan fingerprint density at radius 2 is 1.92 bits per heavy atom. The normalized spacial score (nSPS) is 10.9. The quantitative estimate of drug-likeness (QED) is 0.588. The van der Waals surface area contributed by atoms with E-state index in [1.807, 2.05) is 0 Å². The second kappa shape index (κ2) is 8.43. The molecule has 0 spiro atoms. The summed E-state index contributed by atoms with van der Waals surface area (Å²) in [6.45, 7) is 0.103. The predicted molar refractivity (Wildman–Crippen MR) is 95.0 cm³/mol. The zero-order valence-electron chi connectivity index (χ0n) is 13.1. The van der Waals surface area contributed by atoms with E-state index in [1.165, 1.54) is 13.2 Å². The van der Waals surface area contributed by atoms with Crippen LogP contribution in [0, 0.1) is 11.3 Å². The van der Waals surface area contributed by atoms with Crippen LogP contribution in [-0.2, 0) is 11.4 Å². The fourth-order valence-corrected chi connectivity index (χ4v) is 2.53. The van der Waals surface area contributed by atoms with E-state index in [9.17, 15) is 4.79 Å². The summed E-state index contributed by atoms with van der Waals surface area (Å²) in [6, 6.07) is 11.6. The third-order valence-corrected chi connectivity index (χ3v) is 3.99. The molecule has 0 bridgehead atoms. The highest BCUT2D eigenvalue weighted by atomic mass is 35.5. The number of methoxy groups -OCH3 is 1. The van der Waals surface area contributed by atoms with Crippen LogP contribution in [0.4, 0.5) is 0 Å². The van der Waals surface area contributed by atoms with Gasteiger partial charge in [0, 0.05) is 15.6 Å². The maximum absolute atomic E-state index is 11.0. The maximum atomic E-state index is 11.0. The van der Waals surface area contributed by atoms with Crippen molar-refractivity contribution in [1.29, 1.82) is 5.26 Å². The van der Waals surface area contributed by atoms with Crippen molar-refractivity contribution in [2.45, 2.75) is 6.61 Å². The largest absolute Gasteiger partial charge is 0.493 e. The minimum Gasteiger partial charge on any atom is -0.493 e. The highest BCUT2D eigenvalue weighted by Gasteiger charge is 2.11. The fraction of sp³-hybridized carbons (Fsp3) is 0.111. The summed E-state index contributed by atoms with van der Waals surface area (Å²) in [5.41, 5.74) is 0.724. The lowest BCUT2D eigenvalue weighted by Crippen LogP contribution is -2.00. The van der Waals surface area contributed by atoms with Gasteiger partial charge in [-0.2, -0.15) is 5.26 Å². The number of nitriles is 1. The molecule has 0 aromatic heterocycles. The van der Waals surface area contributed by atoms with Gasteiger partial charge >= 0.3 is 5.97 Å². The number of halogens is 2. The van der Waals surface area contributed by atoms with Gasteiger partial charge in [0.2, 0.25) is 0 Å². The van der Waals surface area contributed by atoms with E-state index in [-0.39, 0.29) is 12.2 Å². The number of rotatable bonds is 6. The first-order valence-corrected chi connectivity index (χ1v) is 7.80. The molecule has 2 aromatic carbocycles. The van der Waals surface area contributed by atoms with Crippen LogP contribution in [0.1, 0.15) is 11.1 Å². The second-order valence-corrected chi connectivity index (χ2v) is 5.69. The van der Waals surface area contributed by atoms with Gasteiger partial charge < -0.3 is 14.6 Å². The van der Waals surface area contributed by atoms with Crippen molar-refractivity contribution in [3.63, 3.8) is 0 Å². The molecule has 7 heteroatoms. The first-order valence-electron chi connectivity index (χ1n) is 7.05. The summed E-state index contributed by atoms with van der Waals surface area (Å²) in [4.78, 5) is 11.0. The predicted octanol–water partition coefficient (Wildman–Crippen LogP) is 4.57. The lowest BCUT2D eigenvalue weighted by Gasteiger charge is -2.13. The first-order chi connectivity index (χ1) is 12.0. The lowest BCUT2D eigenvalue weighted by molar-refractivity contribution is -0.132. The number of hydrogen-bond donors (Lipinski definition) is 1. The molecule has 2 aromatic rings. The first kappa shape index (κ1) is 18.7. The molecule has 0 amide bonds. The van der Waals surface area contributed by atoms with Gasteiger partial charge in [0.25, 0.3) is 0 Å². The van der Waals surface area contributed by atoms with Crippen LogP contribution in [0.25, 0.3) is 6.08 Å². The van der Waals surface area contributed by atoms with Gasteiger partial charge in [-0.05, 0) is 35.9 Å². The Bertz CT molecular complexity index is 852. The molecule has 25 heavy (non-hydrogen) atoms. The van der Waals surface area contributed by atoms with Crippen LogP contribution < -0.4 is 9.47 Å². The van der Waals surface area contributed by atoms with Gasteiger partial charge in [-0.1, -0.05) is 35.3 Å². The molecular weight excluding hydrogens is 365 g/mol. The van der Waals surface area contributed by atoms with Crippen molar-refractivity contribution in [3.05, 3.63) is 63.1 Å². The molecule has 1 N–H and O–H groups in total. The molecule has 0 saturated carbocycles. The number of hydrogen-bond acceptors (Lipinski definition) is 4. The third-order valence-electron chi connectivity index (χ3n) is 3.28. The standard InChI is InChI=1S/C18H13Cl2NO4/c1-24-16-6-5-11(7-12(9-21)18(22)23)8-17(16)25-10-13-14(19)3-2-4-15(13)20/h2-8H,10H2,1H3,(H,22,23). The van der Waals surface area contributed by atoms with Crippen LogP contribution in [0.15, 0.2) is 42.0 Å². The van der Waals surface area contributed by atoms with E-state index in [0.717, 1.165) is 0 Å². The Morgan fingerprint density at radius 3 is 2.48 bits per heavy atom. The highest BCUT2D eigenvalue weighted by molar-refractivity contribution is 6.35. The maximum Gasteiger partial charge on any atom is 0.346 e. The van der Waals surface area contributed by atoms with Gasteiger partial charge in [-0.3, -0.25) is 0 Å². The van der Waals surface area contributed by atoms with E-state index in [1.54, 1.807) is 42.5 Å². The molecule has 128 valence electrons. The Hall–Kier alpha value is -2.68. The number of carboxylic acids is 1. The molecule has 0 aliphatic carbocycles. The smallest absolute Gasteiger partial charge is 0.346 e. The summed E-state index contributed by atoms with van der Waals surface area (Å²) in [7, 11) is 1.48. The van der Waals surface area contributed by atoms with Gasteiger partial charge in [0.15, 0.2) is 11.5 Å². The van der Waals surface area contributed by atoms with Crippen molar-refractivity contribution in [2.75, 3.05) is 7.11 Å². The lowest BCUT2D eigenvalue weighted by atomic mass is 10.1. The van der Waals surface area contributed by atoms with Crippen LogP contribution in [0.3, 0.4) is 0 Å². The Balaban J connectivity index is 2.32. The Kier molecular flexibility index (Phi) is 6.29. The van der Waals surface area contributed by atoms with E-state index >= 15 is 0 Å². The number of carbonyl (C=O) groups is 1. The minimum atomic E-state index is -1.30. The molecule has 0 heterocycles. The van der Waals surface area contributed by atoms with E-state index < -0.39 is 5.97 Å². The minimum absolute atomic E-state index is 0.103. The number of nitrogens with zero attached hydrogens (tertiary/aromatic N) is 1. The van der Waals surface area contributed by atoms with E-state index in [2.05, 4.69) is 0 Å². The molecule has 0 unspecified atom stereocenters. The van der Waals surface area contributed by atoms with Crippen molar-refractivity contribution < 1.29 is 19.4 Å². The van der Waals surface area contributed by atoms with Crippen molar-refractivity contribution in [1.82, 2.24) is 0 Å². The number of carboxylic acid groups (broad SMARTS) is 1. The van der Waals surface area contributed by atoms with Crippen LogP contribution >= 0.6 is 23.2 Å². The second-order valence-electron chi connectivity index (χ2n) is 4.87. The van der Waals surface area contributed by atoms with Crippen molar-refractivity contribution in [2.24, 2.45) is 0 Å². The molecule has 0 aliphatic heterocycles. The molecule has 0 atom stereocenters. The molecule has 0 fully saturated rings. The summed E-state index contributed by atoms with van der Waals surface area (Å²) in [5, 5.41) is 18.7. The number of aliphatic carboxylic acids is 1.